The SMILES string of the molecule is COc1ccc(N2CCN(CC(=O)NCc3ccco3)C2=O)cc1. The zero-order valence-corrected chi connectivity index (χ0v) is 13.4. The van der Waals surface area contributed by atoms with Crippen LogP contribution in [0.3, 0.4) is 0 Å². The predicted molar refractivity (Wildman–Crippen MR) is 87.9 cm³/mol. The topological polar surface area (TPSA) is 75.0 Å². The molecule has 0 spiro atoms. The van der Waals surface area contributed by atoms with Crippen molar-refractivity contribution in [2.45, 2.75) is 6.54 Å². The van der Waals surface area contributed by atoms with Gasteiger partial charge >= 0.3 is 6.03 Å². The molecule has 7 nitrogen and oxygen atoms in total. The Balaban J connectivity index is 1.54. The number of amides is 3. The Morgan fingerprint density at radius 1 is 1.25 bits per heavy atom. The lowest BCUT2D eigenvalue weighted by Gasteiger charge is -2.18. The van der Waals surface area contributed by atoms with Crippen molar-refractivity contribution in [3.8, 4) is 5.75 Å². The molecule has 1 aromatic carbocycles. The van der Waals surface area contributed by atoms with E-state index < -0.39 is 0 Å². The Morgan fingerprint density at radius 2 is 2.04 bits per heavy atom. The van der Waals surface area contributed by atoms with E-state index in [-0.39, 0.29) is 18.5 Å². The Bertz CT molecular complexity index is 697. The van der Waals surface area contributed by atoms with Crippen molar-refractivity contribution in [2.24, 2.45) is 0 Å². The van der Waals surface area contributed by atoms with Gasteiger partial charge in [-0.1, -0.05) is 0 Å². The fraction of sp³-hybridized carbons (Fsp3) is 0.294. The van der Waals surface area contributed by atoms with E-state index in [0.717, 1.165) is 11.4 Å². The summed E-state index contributed by atoms with van der Waals surface area (Å²) < 4.78 is 10.3. The quantitative estimate of drug-likeness (QED) is 0.877. The number of rotatable bonds is 6. The second kappa shape index (κ2) is 7.08. The maximum Gasteiger partial charge on any atom is 0.325 e. The van der Waals surface area contributed by atoms with E-state index in [9.17, 15) is 9.59 Å². The second-order valence-electron chi connectivity index (χ2n) is 5.41. The molecule has 1 N–H and O–H groups in total. The van der Waals surface area contributed by atoms with Gasteiger partial charge in [0.2, 0.25) is 5.91 Å². The maximum absolute atomic E-state index is 12.5. The number of anilines is 1. The average Bonchev–Trinajstić information content (AvgIpc) is 3.24. The van der Waals surface area contributed by atoms with Crippen LogP contribution in [0.5, 0.6) is 5.75 Å². The minimum absolute atomic E-state index is 0.0339. The van der Waals surface area contributed by atoms with E-state index in [4.69, 9.17) is 9.15 Å². The van der Waals surface area contributed by atoms with E-state index in [1.54, 1.807) is 42.5 Å². The number of nitrogens with zero attached hydrogens (tertiary/aromatic N) is 2. The Labute approximate surface area is 139 Å². The van der Waals surface area contributed by atoms with Crippen molar-refractivity contribution in [3.63, 3.8) is 0 Å². The summed E-state index contributed by atoms with van der Waals surface area (Å²) in [4.78, 5) is 27.6. The zero-order valence-electron chi connectivity index (χ0n) is 13.4. The van der Waals surface area contributed by atoms with Crippen molar-refractivity contribution >= 4 is 17.6 Å². The molecule has 24 heavy (non-hydrogen) atoms. The molecule has 3 rings (SSSR count). The molecule has 0 atom stereocenters. The van der Waals surface area contributed by atoms with Crippen LogP contribution in [0, 0.1) is 0 Å². The van der Waals surface area contributed by atoms with Crippen LogP contribution in [0.1, 0.15) is 5.76 Å². The van der Waals surface area contributed by atoms with E-state index in [1.165, 1.54) is 4.90 Å². The highest BCUT2D eigenvalue weighted by atomic mass is 16.5. The van der Waals surface area contributed by atoms with Gasteiger partial charge in [-0.2, -0.15) is 0 Å². The van der Waals surface area contributed by atoms with Crippen LogP contribution in [0.25, 0.3) is 0 Å². The maximum atomic E-state index is 12.5. The van der Waals surface area contributed by atoms with Crippen molar-refractivity contribution in [3.05, 3.63) is 48.4 Å². The standard InChI is InChI=1S/C17H19N3O4/c1-23-14-6-4-13(5-7-14)20-9-8-19(17(20)22)12-16(21)18-11-15-3-2-10-24-15/h2-7,10H,8-9,11-12H2,1H3,(H,18,21). The Hall–Kier alpha value is -2.96. The first-order valence-electron chi connectivity index (χ1n) is 7.67. The summed E-state index contributed by atoms with van der Waals surface area (Å²) in [6, 6.07) is 10.6. The highest BCUT2D eigenvalue weighted by molar-refractivity contribution is 5.96. The van der Waals surface area contributed by atoms with Crippen molar-refractivity contribution < 1.29 is 18.7 Å². The van der Waals surface area contributed by atoms with Crippen LogP contribution in [0.4, 0.5) is 10.5 Å². The molecular formula is C17H19N3O4. The van der Waals surface area contributed by atoms with Gasteiger partial charge in [-0.15, -0.1) is 0 Å². The molecule has 0 saturated carbocycles. The van der Waals surface area contributed by atoms with Crippen molar-refractivity contribution in [1.82, 2.24) is 10.2 Å². The molecule has 2 aromatic rings. The first kappa shape index (κ1) is 15.9. The first-order valence-corrected chi connectivity index (χ1v) is 7.67. The van der Waals surface area contributed by atoms with Gasteiger partial charge in [-0.25, -0.2) is 4.79 Å². The van der Waals surface area contributed by atoms with Gasteiger partial charge in [-0.05, 0) is 36.4 Å². The number of furan rings is 1. The third-order valence-electron chi connectivity index (χ3n) is 3.85. The largest absolute Gasteiger partial charge is 0.497 e. The first-order chi connectivity index (χ1) is 11.7. The molecule has 0 aliphatic carbocycles. The molecule has 2 heterocycles. The van der Waals surface area contributed by atoms with Crippen molar-refractivity contribution in [1.29, 1.82) is 0 Å². The lowest BCUT2D eigenvalue weighted by atomic mass is 10.3. The second-order valence-corrected chi connectivity index (χ2v) is 5.41. The van der Waals surface area contributed by atoms with Crippen LogP contribution in [0.2, 0.25) is 0 Å². The van der Waals surface area contributed by atoms with Gasteiger partial charge < -0.3 is 19.4 Å². The molecule has 1 aromatic heterocycles. The highest BCUT2D eigenvalue weighted by Gasteiger charge is 2.30. The summed E-state index contributed by atoms with van der Waals surface area (Å²) >= 11 is 0. The van der Waals surface area contributed by atoms with Gasteiger partial charge in [0.05, 0.1) is 19.9 Å². The highest BCUT2D eigenvalue weighted by Crippen LogP contribution is 2.23. The number of hydrogen-bond donors (Lipinski definition) is 1. The minimum atomic E-state index is -0.212. The van der Waals surface area contributed by atoms with Crippen molar-refractivity contribution in [2.75, 3.05) is 31.6 Å². The molecule has 3 amide bonds. The van der Waals surface area contributed by atoms with Crippen LogP contribution in [-0.4, -0.2) is 43.6 Å². The minimum Gasteiger partial charge on any atom is -0.497 e. The van der Waals surface area contributed by atoms with E-state index >= 15 is 0 Å². The number of carbonyl (C=O) groups is 2. The number of ether oxygens (including phenoxy) is 1. The molecule has 126 valence electrons. The lowest BCUT2D eigenvalue weighted by Crippen LogP contribution is -2.39. The lowest BCUT2D eigenvalue weighted by molar-refractivity contribution is -0.121. The van der Waals surface area contributed by atoms with Gasteiger partial charge in [-0.3, -0.25) is 9.69 Å². The fourth-order valence-corrected chi connectivity index (χ4v) is 2.56. The third kappa shape index (κ3) is 3.51. The summed E-state index contributed by atoms with van der Waals surface area (Å²) in [5.41, 5.74) is 0.791. The summed E-state index contributed by atoms with van der Waals surface area (Å²) in [6.07, 6.45) is 1.55. The number of carbonyl (C=O) groups excluding carboxylic acids is 2. The molecule has 7 heteroatoms. The molecule has 0 bridgehead atoms. The number of urea groups is 1. The summed E-state index contributed by atoms with van der Waals surface area (Å²) in [6.45, 7) is 1.41. The van der Waals surface area contributed by atoms with E-state index in [1.807, 2.05) is 12.1 Å². The smallest absolute Gasteiger partial charge is 0.325 e. The van der Waals surface area contributed by atoms with Gasteiger partial charge in [0, 0.05) is 18.8 Å². The summed E-state index contributed by atoms with van der Waals surface area (Å²) in [5, 5.41) is 2.74. The molecular weight excluding hydrogens is 310 g/mol. The van der Waals surface area contributed by atoms with E-state index in [0.29, 0.717) is 25.4 Å². The normalized spacial score (nSPS) is 14.1. The summed E-state index contributed by atoms with van der Waals surface area (Å²) in [7, 11) is 1.60. The molecule has 1 saturated heterocycles. The number of hydrogen-bond acceptors (Lipinski definition) is 4. The predicted octanol–water partition coefficient (Wildman–Crippen LogP) is 1.85. The van der Waals surface area contributed by atoms with Gasteiger partial charge in [0.25, 0.3) is 0 Å². The van der Waals surface area contributed by atoms with Crippen LogP contribution in [0.15, 0.2) is 47.1 Å². The Kier molecular flexibility index (Phi) is 4.69. The van der Waals surface area contributed by atoms with Crippen LogP contribution < -0.4 is 15.0 Å². The molecule has 1 aliphatic rings. The fourth-order valence-electron chi connectivity index (χ4n) is 2.56. The Morgan fingerprint density at radius 3 is 2.71 bits per heavy atom. The molecule has 0 unspecified atom stereocenters. The number of methoxy groups -OCH3 is 1. The average molecular weight is 329 g/mol. The third-order valence-corrected chi connectivity index (χ3v) is 3.85. The van der Waals surface area contributed by atoms with Crippen LogP contribution in [-0.2, 0) is 11.3 Å². The van der Waals surface area contributed by atoms with Gasteiger partial charge in [0.1, 0.15) is 18.1 Å². The molecule has 1 fully saturated rings. The zero-order chi connectivity index (χ0) is 16.9. The molecule has 1 aliphatic heterocycles. The van der Waals surface area contributed by atoms with Gasteiger partial charge in [0.15, 0.2) is 0 Å². The van der Waals surface area contributed by atoms with Crippen LogP contribution >= 0.6 is 0 Å². The number of benzene rings is 1. The van der Waals surface area contributed by atoms with E-state index in [2.05, 4.69) is 5.32 Å². The molecule has 0 radical (unpaired) electrons. The number of nitrogens with one attached hydrogen (secondary N) is 1. The summed E-state index contributed by atoms with van der Waals surface area (Å²) in [5.74, 6) is 1.20. The monoisotopic (exact) mass is 329 g/mol.